The molecule has 0 aromatic heterocycles. The lowest BCUT2D eigenvalue weighted by atomic mass is 10.3. The van der Waals surface area contributed by atoms with Crippen LogP contribution in [0.5, 0.6) is 0 Å². The van der Waals surface area contributed by atoms with Gasteiger partial charge in [-0.1, -0.05) is 0 Å². The van der Waals surface area contributed by atoms with Crippen molar-refractivity contribution in [2.45, 2.75) is 18.7 Å². The molecule has 1 atom stereocenters. The van der Waals surface area contributed by atoms with Crippen LogP contribution in [0.2, 0.25) is 0 Å². The Hall–Kier alpha value is -0.710. The summed E-state index contributed by atoms with van der Waals surface area (Å²) < 4.78 is 66.2. The average molecular weight is 280 g/mol. The number of ether oxygens (including phenoxy) is 2. The van der Waals surface area contributed by atoms with Crippen molar-refractivity contribution in [3.63, 3.8) is 0 Å². The van der Waals surface area contributed by atoms with E-state index < -0.39 is 35.9 Å². The quantitative estimate of drug-likeness (QED) is 0.754. The van der Waals surface area contributed by atoms with Crippen LogP contribution in [0.25, 0.3) is 0 Å². The lowest BCUT2D eigenvalue weighted by Gasteiger charge is -2.34. The second-order valence-electron chi connectivity index (χ2n) is 3.28. The van der Waals surface area contributed by atoms with Crippen molar-refractivity contribution < 1.29 is 40.7 Å². The normalized spacial score (nSPS) is 26.1. The summed E-state index contributed by atoms with van der Waals surface area (Å²) in [6, 6.07) is 0. The smallest absolute Gasteiger partial charge is 0.430 e. The fourth-order valence-electron chi connectivity index (χ4n) is 1.09. The zero-order valence-corrected chi connectivity index (χ0v) is 9.29. The minimum Gasteiger partial charge on any atom is -0.430 e. The van der Waals surface area contributed by atoms with Gasteiger partial charge < -0.3 is 18.6 Å². The van der Waals surface area contributed by atoms with Crippen LogP contribution < -0.4 is 0 Å². The predicted octanol–water partition coefficient (Wildman–Crippen LogP) is 2.16. The molecule has 2 N–H and O–H groups in total. The zero-order valence-electron chi connectivity index (χ0n) is 8.48. The van der Waals surface area contributed by atoms with Crippen molar-refractivity contribution in [1.82, 2.24) is 0 Å². The second-order valence-corrected chi connectivity index (χ2v) is 5.06. The molecule has 0 radical (unpaired) electrons. The molecule has 1 heterocycles. The lowest BCUT2D eigenvalue weighted by Crippen LogP contribution is -2.33. The standard InChI is InChI=1S/C7H11F3O6S/c8-7(9,10)4-14-6(11)16-5-1-2-15-17(12,13)3-5/h5,12-13H,1-4H2. The van der Waals surface area contributed by atoms with Gasteiger partial charge in [0.15, 0.2) is 6.61 Å². The second kappa shape index (κ2) is 5.29. The molecule has 10 heteroatoms. The first kappa shape index (κ1) is 14.4. The van der Waals surface area contributed by atoms with E-state index in [1.165, 1.54) is 0 Å². The van der Waals surface area contributed by atoms with Crippen molar-refractivity contribution in [3.05, 3.63) is 0 Å². The zero-order chi connectivity index (χ0) is 13.1. The largest absolute Gasteiger partial charge is 0.508 e. The van der Waals surface area contributed by atoms with Gasteiger partial charge in [0.05, 0.1) is 23.2 Å². The Kier molecular flexibility index (Phi) is 4.47. The molecule has 0 aromatic carbocycles. The molecule has 17 heavy (non-hydrogen) atoms. The Labute approximate surface area is 96.2 Å². The molecule has 0 spiro atoms. The summed E-state index contributed by atoms with van der Waals surface area (Å²) in [5, 5.41) is 0. The Balaban J connectivity index is 2.31. The predicted molar refractivity (Wildman–Crippen MR) is 50.6 cm³/mol. The van der Waals surface area contributed by atoms with Gasteiger partial charge in [-0.2, -0.15) is 13.2 Å². The maximum absolute atomic E-state index is 11.7. The van der Waals surface area contributed by atoms with Crippen LogP contribution in [-0.2, 0) is 13.7 Å². The molecular formula is C7H11F3O6S. The van der Waals surface area contributed by atoms with E-state index >= 15 is 0 Å². The number of carbonyl (C=O) groups is 1. The summed E-state index contributed by atoms with van der Waals surface area (Å²) in [4.78, 5) is 10.8. The van der Waals surface area contributed by atoms with Crippen LogP contribution in [0.1, 0.15) is 6.42 Å². The fourth-order valence-corrected chi connectivity index (χ4v) is 2.27. The van der Waals surface area contributed by atoms with Gasteiger partial charge in [-0.3, -0.25) is 4.18 Å². The van der Waals surface area contributed by atoms with Crippen LogP contribution in [-0.4, -0.2) is 46.5 Å². The van der Waals surface area contributed by atoms with Gasteiger partial charge in [0.1, 0.15) is 6.10 Å². The third kappa shape index (κ3) is 5.96. The van der Waals surface area contributed by atoms with Crippen LogP contribution in [0.4, 0.5) is 18.0 Å². The topological polar surface area (TPSA) is 85.2 Å². The highest BCUT2D eigenvalue weighted by molar-refractivity contribution is 8.20. The molecule has 1 aliphatic rings. The Morgan fingerprint density at radius 2 is 2.12 bits per heavy atom. The van der Waals surface area contributed by atoms with E-state index in [1.54, 1.807) is 0 Å². The van der Waals surface area contributed by atoms with E-state index in [4.69, 9.17) is 9.11 Å². The molecule has 102 valence electrons. The summed E-state index contributed by atoms with van der Waals surface area (Å²) in [6.45, 7) is -1.80. The first-order valence-corrected chi connectivity index (χ1v) is 6.12. The van der Waals surface area contributed by atoms with Crippen LogP contribution in [0.15, 0.2) is 0 Å². The Morgan fingerprint density at radius 3 is 2.65 bits per heavy atom. The highest BCUT2D eigenvalue weighted by Gasteiger charge is 2.34. The summed E-state index contributed by atoms with van der Waals surface area (Å²) in [5.74, 6) is -0.367. The van der Waals surface area contributed by atoms with Crippen LogP contribution in [0, 0.1) is 0 Å². The Bertz CT molecular complexity index is 281. The van der Waals surface area contributed by atoms with E-state index in [-0.39, 0.29) is 18.8 Å². The SMILES string of the molecule is O=C(OCC(F)(F)F)OC1CCOS(O)(O)C1. The molecule has 0 aromatic rings. The number of hydrogen-bond donors (Lipinski definition) is 2. The van der Waals surface area contributed by atoms with Crippen molar-refractivity contribution in [2.24, 2.45) is 0 Å². The minimum atomic E-state index is -4.63. The summed E-state index contributed by atoms with van der Waals surface area (Å²) in [7, 11) is -3.28. The van der Waals surface area contributed by atoms with E-state index in [0.29, 0.717) is 0 Å². The van der Waals surface area contributed by atoms with Gasteiger partial charge in [-0.25, -0.2) is 4.79 Å². The van der Waals surface area contributed by atoms with Gasteiger partial charge in [-0.05, 0) is 0 Å². The van der Waals surface area contributed by atoms with Gasteiger partial charge in [0.2, 0.25) is 0 Å². The highest BCUT2D eigenvalue weighted by atomic mass is 32.3. The van der Waals surface area contributed by atoms with E-state index in [9.17, 15) is 18.0 Å². The number of rotatable bonds is 2. The molecule has 1 unspecified atom stereocenters. The van der Waals surface area contributed by atoms with Crippen molar-refractivity contribution in [1.29, 1.82) is 0 Å². The molecule has 0 saturated carbocycles. The van der Waals surface area contributed by atoms with Crippen LogP contribution in [0.3, 0.4) is 0 Å². The van der Waals surface area contributed by atoms with Crippen LogP contribution >= 0.6 is 10.9 Å². The molecule has 0 aliphatic carbocycles. The summed E-state index contributed by atoms with van der Waals surface area (Å²) in [6.07, 6.45) is -6.88. The number of halogens is 3. The minimum absolute atomic E-state index is 0.0560. The molecule has 1 fully saturated rings. The van der Waals surface area contributed by atoms with Gasteiger partial charge in [0, 0.05) is 6.42 Å². The first-order chi connectivity index (χ1) is 7.68. The third-order valence-electron chi connectivity index (χ3n) is 1.73. The maximum atomic E-state index is 11.7. The fraction of sp³-hybridized carbons (Fsp3) is 0.857. The van der Waals surface area contributed by atoms with Crippen molar-refractivity contribution in [2.75, 3.05) is 19.0 Å². The van der Waals surface area contributed by atoms with E-state index in [2.05, 4.69) is 13.7 Å². The number of alkyl halides is 3. The summed E-state index contributed by atoms with van der Waals surface area (Å²) in [5.41, 5.74) is 0. The monoisotopic (exact) mass is 280 g/mol. The molecule has 1 rings (SSSR count). The summed E-state index contributed by atoms with van der Waals surface area (Å²) >= 11 is 0. The number of carbonyl (C=O) groups excluding carboxylic acids is 1. The molecule has 1 saturated heterocycles. The Morgan fingerprint density at radius 1 is 1.47 bits per heavy atom. The molecular weight excluding hydrogens is 269 g/mol. The van der Waals surface area contributed by atoms with Crippen molar-refractivity contribution >= 4 is 17.0 Å². The van der Waals surface area contributed by atoms with Crippen molar-refractivity contribution in [3.8, 4) is 0 Å². The van der Waals surface area contributed by atoms with E-state index in [1.807, 2.05) is 0 Å². The molecule has 0 bridgehead atoms. The van der Waals surface area contributed by atoms with Gasteiger partial charge in [-0.15, -0.1) is 0 Å². The highest BCUT2D eigenvalue weighted by Crippen LogP contribution is 2.44. The first-order valence-electron chi connectivity index (χ1n) is 4.48. The maximum Gasteiger partial charge on any atom is 0.508 e. The number of hydrogen-bond acceptors (Lipinski definition) is 6. The third-order valence-corrected chi connectivity index (χ3v) is 3.08. The molecule has 6 nitrogen and oxygen atoms in total. The molecule has 0 amide bonds. The molecule has 1 aliphatic heterocycles. The van der Waals surface area contributed by atoms with E-state index in [0.717, 1.165) is 0 Å². The average Bonchev–Trinajstić information content (AvgIpc) is 2.12. The van der Waals surface area contributed by atoms with Gasteiger partial charge >= 0.3 is 12.3 Å². The van der Waals surface area contributed by atoms with Gasteiger partial charge in [0.25, 0.3) is 0 Å². The lowest BCUT2D eigenvalue weighted by molar-refractivity contribution is -0.167.